The Morgan fingerprint density at radius 1 is 1.17 bits per heavy atom. The summed E-state index contributed by atoms with van der Waals surface area (Å²) in [6.07, 6.45) is 5.38. The van der Waals surface area contributed by atoms with Crippen LogP contribution in [0.25, 0.3) is 0 Å². The van der Waals surface area contributed by atoms with Crippen LogP contribution in [0.3, 0.4) is 0 Å². The summed E-state index contributed by atoms with van der Waals surface area (Å²) in [5, 5.41) is 4.33. The summed E-state index contributed by atoms with van der Waals surface area (Å²) >= 11 is 0. The first-order valence-electron chi connectivity index (χ1n) is 8.04. The smallest absolute Gasteiger partial charge is 0.276 e. The van der Waals surface area contributed by atoms with E-state index in [0.29, 0.717) is 11.7 Å². The average molecular weight is 335 g/mol. The molecule has 4 heterocycles. The van der Waals surface area contributed by atoms with Gasteiger partial charge >= 0.3 is 0 Å². The monoisotopic (exact) mass is 335 g/mol. The summed E-state index contributed by atoms with van der Waals surface area (Å²) in [7, 11) is -1.58. The van der Waals surface area contributed by atoms with E-state index in [9.17, 15) is 8.42 Å². The Bertz CT molecular complexity index is 809. The first kappa shape index (κ1) is 15.0. The van der Waals surface area contributed by atoms with Gasteiger partial charge in [-0.1, -0.05) is 0 Å². The van der Waals surface area contributed by atoms with Gasteiger partial charge in [-0.3, -0.25) is 4.68 Å². The van der Waals surface area contributed by atoms with Crippen molar-refractivity contribution in [3.05, 3.63) is 35.9 Å². The van der Waals surface area contributed by atoms with E-state index < -0.39 is 10.0 Å². The van der Waals surface area contributed by atoms with Gasteiger partial charge in [0, 0.05) is 36.9 Å². The predicted molar refractivity (Wildman–Crippen MR) is 84.5 cm³/mol. The number of sulfonamides is 1. The van der Waals surface area contributed by atoms with Crippen LogP contribution in [0, 0.1) is 6.92 Å². The maximum atomic E-state index is 12.9. The van der Waals surface area contributed by atoms with Crippen molar-refractivity contribution in [1.29, 1.82) is 0 Å². The van der Waals surface area contributed by atoms with E-state index in [-0.39, 0.29) is 17.2 Å². The highest BCUT2D eigenvalue weighted by atomic mass is 32.2. The summed E-state index contributed by atoms with van der Waals surface area (Å²) < 4.78 is 34.9. The largest absolute Gasteiger partial charge is 0.449 e. The van der Waals surface area contributed by atoms with Crippen LogP contribution in [0.5, 0.6) is 0 Å². The number of aromatic nitrogens is 2. The minimum absolute atomic E-state index is 0.0593. The molecular formula is C16H21N3O3S. The van der Waals surface area contributed by atoms with Gasteiger partial charge in [0.25, 0.3) is 10.0 Å². The van der Waals surface area contributed by atoms with Crippen molar-refractivity contribution in [2.75, 3.05) is 0 Å². The number of aryl methyl sites for hydroxylation is 2. The minimum atomic E-state index is -3.54. The zero-order valence-corrected chi connectivity index (χ0v) is 14.2. The van der Waals surface area contributed by atoms with Crippen LogP contribution in [0.15, 0.2) is 33.9 Å². The SMILES string of the molecule is Cc1ccc(S(=O)(=O)N2C3CCC2CC(c2ccnn2C)C3)o1. The second kappa shape index (κ2) is 5.21. The first-order valence-corrected chi connectivity index (χ1v) is 9.48. The fourth-order valence-corrected chi connectivity index (χ4v) is 6.06. The lowest BCUT2D eigenvalue weighted by molar-refractivity contribution is 0.217. The number of hydrogen-bond acceptors (Lipinski definition) is 4. The molecule has 2 atom stereocenters. The lowest BCUT2D eigenvalue weighted by Gasteiger charge is -2.37. The van der Waals surface area contributed by atoms with Crippen molar-refractivity contribution in [3.8, 4) is 0 Å². The standard InChI is InChI=1S/C16H21N3O3S/c1-11-3-6-16(22-11)23(20,21)19-13-4-5-14(19)10-12(9-13)15-7-8-17-18(15)2/h3,6-8,12-14H,4-5,9-10H2,1-2H3. The first-order chi connectivity index (χ1) is 11.0. The molecule has 0 aliphatic carbocycles. The quantitative estimate of drug-likeness (QED) is 0.864. The molecule has 2 fully saturated rings. The zero-order valence-electron chi connectivity index (χ0n) is 13.3. The lowest BCUT2D eigenvalue weighted by atomic mass is 9.89. The second-order valence-electron chi connectivity index (χ2n) is 6.63. The third-order valence-corrected chi connectivity index (χ3v) is 7.07. The Morgan fingerprint density at radius 2 is 1.87 bits per heavy atom. The summed E-state index contributed by atoms with van der Waals surface area (Å²) in [4.78, 5) is 0. The molecule has 0 N–H and O–H groups in total. The van der Waals surface area contributed by atoms with Gasteiger partial charge in [0.15, 0.2) is 0 Å². The van der Waals surface area contributed by atoms with Crippen LogP contribution >= 0.6 is 0 Å². The summed E-state index contributed by atoms with van der Waals surface area (Å²) in [6, 6.07) is 5.44. The summed E-state index contributed by atoms with van der Waals surface area (Å²) in [5.41, 5.74) is 1.20. The average Bonchev–Trinajstić information content (AvgIpc) is 3.18. The molecule has 0 aromatic carbocycles. The van der Waals surface area contributed by atoms with Crippen LogP contribution < -0.4 is 0 Å². The summed E-state index contributed by atoms with van der Waals surface area (Å²) in [5.74, 6) is 1.01. The zero-order chi connectivity index (χ0) is 16.2. The van der Waals surface area contributed by atoms with Gasteiger partial charge in [-0.05, 0) is 50.8 Å². The van der Waals surface area contributed by atoms with E-state index in [1.165, 1.54) is 5.69 Å². The fourth-order valence-electron chi connectivity index (χ4n) is 4.21. The van der Waals surface area contributed by atoms with Gasteiger partial charge in [0.1, 0.15) is 5.76 Å². The van der Waals surface area contributed by atoms with Crippen molar-refractivity contribution in [2.24, 2.45) is 7.05 Å². The molecular weight excluding hydrogens is 314 g/mol. The van der Waals surface area contributed by atoms with Crippen molar-refractivity contribution in [3.63, 3.8) is 0 Å². The number of hydrogen-bond donors (Lipinski definition) is 0. The van der Waals surface area contributed by atoms with E-state index in [1.54, 1.807) is 23.4 Å². The fraction of sp³-hybridized carbons (Fsp3) is 0.562. The van der Waals surface area contributed by atoms with Crippen LogP contribution in [0.1, 0.15) is 43.1 Å². The molecule has 4 rings (SSSR count). The Labute approximate surface area is 136 Å². The molecule has 0 saturated carbocycles. The van der Waals surface area contributed by atoms with Crippen molar-refractivity contribution < 1.29 is 12.8 Å². The van der Waals surface area contributed by atoms with E-state index in [1.807, 2.05) is 24.0 Å². The van der Waals surface area contributed by atoms with Crippen molar-refractivity contribution in [1.82, 2.24) is 14.1 Å². The topological polar surface area (TPSA) is 68.3 Å². The lowest BCUT2D eigenvalue weighted by Crippen LogP contribution is -2.46. The van der Waals surface area contributed by atoms with E-state index in [2.05, 4.69) is 5.10 Å². The van der Waals surface area contributed by atoms with Gasteiger partial charge in [0.2, 0.25) is 5.09 Å². The maximum absolute atomic E-state index is 12.9. The molecule has 7 heteroatoms. The third-order valence-electron chi connectivity index (χ3n) is 5.19. The molecule has 0 radical (unpaired) electrons. The third kappa shape index (κ3) is 2.33. The number of rotatable bonds is 3. The van der Waals surface area contributed by atoms with Crippen molar-refractivity contribution in [2.45, 2.75) is 55.7 Å². The molecule has 6 nitrogen and oxygen atoms in total. The second-order valence-corrected chi connectivity index (χ2v) is 8.41. The highest BCUT2D eigenvalue weighted by Gasteiger charge is 2.48. The summed E-state index contributed by atoms with van der Waals surface area (Å²) in [6.45, 7) is 1.77. The number of piperidine rings is 1. The molecule has 124 valence electrons. The predicted octanol–water partition coefficient (Wildman–Crippen LogP) is 2.42. The molecule has 0 amide bonds. The van der Waals surface area contributed by atoms with E-state index in [0.717, 1.165) is 25.7 Å². The van der Waals surface area contributed by atoms with E-state index >= 15 is 0 Å². The Kier molecular flexibility index (Phi) is 3.39. The molecule has 2 bridgehead atoms. The molecule has 2 aromatic rings. The highest BCUT2D eigenvalue weighted by Crippen LogP contribution is 2.45. The van der Waals surface area contributed by atoms with E-state index in [4.69, 9.17) is 4.42 Å². The molecule has 23 heavy (non-hydrogen) atoms. The molecule has 2 saturated heterocycles. The van der Waals surface area contributed by atoms with Gasteiger partial charge in [-0.25, -0.2) is 8.42 Å². The minimum Gasteiger partial charge on any atom is -0.449 e. The number of furan rings is 1. The van der Waals surface area contributed by atoms with Crippen LogP contribution in [0.4, 0.5) is 0 Å². The van der Waals surface area contributed by atoms with Gasteiger partial charge in [-0.15, -0.1) is 0 Å². The van der Waals surface area contributed by atoms with Gasteiger partial charge in [0.05, 0.1) is 0 Å². The van der Waals surface area contributed by atoms with Gasteiger partial charge in [-0.2, -0.15) is 9.40 Å². The highest BCUT2D eigenvalue weighted by molar-refractivity contribution is 7.89. The van der Waals surface area contributed by atoms with Crippen molar-refractivity contribution >= 4 is 10.0 Å². The van der Waals surface area contributed by atoms with Crippen LogP contribution in [0.2, 0.25) is 0 Å². The Morgan fingerprint density at radius 3 is 2.39 bits per heavy atom. The molecule has 2 aliphatic rings. The Hall–Kier alpha value is -1.60. The molecule has 2 aliphatic heterocycles. The number of nitrogens with zero attached hydrogens (tertiary/aromatic N) is 3. The molecule has 2 unspecified atom stereocenters. The maximum Gasteiger partial charge on any atom is 0.276 e. The van der Waals surface area contributed by atoms with Crippen LogP contribution in [-0.4, -0.2) is 34.6 Å². The molecule has 2 aromatic heterocycles. The van der Waals surface area contributed by atoms with Gasteiger partial charge < -0.3 is 4.42 Å². The Balaban J connectivity index is 1.63. The van der Waals surface area contributed by atoms with Crippen LogP contribution in [-0.2, 0) is 17.1 Å². The molecule has 0 spiro atoms. The normalized spacial score (nSPS) is 28.3. The number of fused-ring (bicyclic) bond motifs is 2.